The summed E-state index contributed by atoms with van der Waals surface area (Å²) in [6, 6.07) is 1.44. The molecule has 0 amide bonds. The molecule has 1 unspecified atom stereocenters. The summed E-state index contributed by atoms with van der Waals surface area (Å²) < 4.78 is 27.4. The first-order chi connectivity index (χ1) is 10.1. The summed E-state index contributed by atoms with van der Waals surface area (Å²) in [6.45, 7) is 0.822. The number of nitrogens with zero attached hydrogens (tertiary/aromatic N) is 2. The molecule has 1 aliphatic rings. The summed E-state index contributed by atoms with van der Waals surface area (Å²) in [5, 5.41) is 0.821. The van der Waals surface area contributed by atoms with Crippen LogP contribution in [-0.2, 0) is 10.0 Å². The van der Waals surface area contributed by atoms with Crippen molar-refractivity contribution in [3.8, 4) is 0 Å². The van der Waals surface area contributed by atoms with Gasteiger partial charge in [0, 0.05) is 31.5 Å². The average Bonchev–Trinajstić information content (AvgIpc) is 2.93. The molecule has 0 aromatic carbocycles. The monoisotopic (exact) mass is 328 g/mol. The van der Waals surface area contributed by atoms with Gasteiger partial charge in [0.25, 0.3) is 0 Å². The van der Waals surface area contributed by atoms with Crippen LogP contribution in [0.1, 0.15) is 19.3 Å². The van der Waals surface area contributed by atoms with Crippen molar-refractivity contribution in [2.45, 2.75) is 30.2 Å². The number of aromatic amines is 1. The lowest BCUT2D eigenvalue weighted by Crippen LogP contribution is -2.47. The van der Waals surface area contributed by atoms with Gasteiger partial charge in [-0.25, -0.2) is 13.4 Å². The van der Waals surface area contributed by atoms with Crippen LogP contribution in [0.5, 0.6) is 0 Å². The molecule has 114 valence electrons. The predicted octanol–water partition coefficient (Wildman–Crippen LogP) is 1.72. The summed E-state index contributed by atoms with van der Waals surface area (Å²) in [5.74, 6) is 0. The van der Waals surface area contributed by atoms with Gasteiger partial charge in [0.1, 0.15) is 10.5 Å². The van der Waals surface area contributed by atoms with Gasteiger partial charge < -0.3 is 10.7 Å². The van der Waals surface area contributed by atoms with Gasteiger partial charge in [-0.1, -0.05) is 18.0 Å². The first-order valence-corrected chi connectivity index (χ1v) is 8.71. The molecular formula is C13H17ClN4O2S. The van der Waals surface area contributed by atoms with Gasteiger partial charge in [0.05, 0.1) is 10.4 Å². The van der Waals surface area contributed by atoms with E-state index in [9.17, 15) is 8.42 Å². The number of H-pyrrole nitrogens is 1. The van der Waals surface area contributed by atoms with Gasteiger partial charge in [0.2, 0.25) is 10.0 Å². The second kappa shape index (κ2) is 5.57. The van der Waals surface area contributed by atoms with Crippen LogP contribution in [-0.4, -0.2) is 41.8 Å². The van der Waals surface area contributed by atoms with Crippen LogP contribution >= 0.6 is 11.6 Å². The van der Waals surface area contributed by atoms with Crippen LogP contribution in [0.25, 0.3) is 11.0 Å². The number of nitrogens with two attached hydrogens (primary N) is 1. The van der Waals surface area contributed by atoms with Crippen LogP contribution in [0.2, 0.25) is 5.02 Å². The smallest absolute Gasteiger partial charge is 0.245 e. The van der Waals surface area contributed by atoms with E-state index in [0.29, 0.717) is 29.1 Å². The topological polar surface area (TPSA) is 92.1 Å². The predicted molar refractivity (Wildman–Crippen MR) is 81.7 cm³/mol. The Morgan fingerprint density at radius 1 is 1.48 bits per heavy atom. The number of aromatic nitrogens is 2. The molecule has 3 heterocycles. The van der Waals surface area contributed by atoms with Gasteiger partial charge in [-0.2, -0.15) is 4.31 Å². The first-order valence-electron chi connectivity index (χ1n) is 6.89. The van der Waals surface area contributed by atoms with Crippen molar-refractivity contribution < 1.29 is 8.42 Å². The number of rotatable bonds is 3. The molecule has 2 aromatic heterocycles. The van der Waals surface area contributed by atoms with Gasteiger partial charge >= 0.3 is 0 Å². The average molecular weight is 329 g/mol. The number of piperidine rings is 1. The lowest BCUT2D eigenvalue weighted by molar-refractivity contribution is 0.258. The van der Waals surface area contributed by atoms with Gasteiger partial charge in [0.15, 0.2) is 0 Å². The number of pyridine rings is 1. The molecule has 8 heteroatoms. The van der Waals surface area contributed by atoms with E-state index in [4.69, 9.17) is 17.3 Å². The van der Waals surface area contributed by atoms with Crippen molar-refractivity contribution in [2.24, 2.45) is 5.73 Å². The number of hydrogen-bond acceptors (Lipinski definition) is 4. The highest BCUT2D eigenvalue weighted by molar-refractivity contribution is 7.89. The van der Waals surface area contributed by atoms with Crippen LogP contribution in [0.4, 0.5) is 0 Å². The van der Waals surface area contributed by atoms with E-state index in [-0.39, 0.29) is 10.9 Å². The lowest BCUT2D eigenvalue weighted by atomic mass is 10.1. The van der Waals surface area contributed by atoms with Crippen molar-refractivity contribution in [3.05, 3.63) is 23.5 Å². The van der Waals surface area contributed by atoms with Crippen LogP contribution < -0.4 is 5.73 Å². The molecule has 0 aliphatic carbocycles. The minimum atomic E-state index is -3.63. The second-order valence-electron chi connectivity index (χ2n) is 5.17. The zero-order valence-electron chi connectivity index (χ0n) is 11.4. The Kier molecular flexibility index (Phi) is 3.92. The lowest BCUT2D eigenvalue weighted by Gasteiger charge is -2.33. The van der Waals surface area contributed by atoms with Gasteiger partial charge in [-0.05, 0) is 18.9 Å². The summed E-state index contributed by atoms with van der Waals surface area (Å²) in [7, 11) is -3.63. The maximum atomic E-state index is 12.9. The fourth-order valence-electron chi connectivity index (χ4n) is 2.84. The van der Waals surface area contributed by atoms with Crippen molar-refractivity contribution in [2.75, 3.05) is 13.1 Å². The van der Waals surface area contributed by atoms with Crippen molar-refractivity contribution in [3.63, 3.8) is 0 Å². The van der Waals surface area contributed by atoms with Gasteiger partial charge in [-0.3, -0.25) is 0 Å². The van der Waals surface area contributed by atoms with Crippen molar-refractivity contribution in [1.82, 2.24) is 14.3 Å². The Labute approximate surface area is 128 Å². The highest BCUT2D eigenvalue weighted by Crippen LogP contribution is 2.32. The second-order valence-corrected chi connectivity index (χ2v) is 7.44. The van der Waals surface area contributed by atoms with Crippen molar-refractivity contribution >= 4 is 32.7 Å². The van der Waals surface area contributed by atoms with E-state index in [2.05, 4.69) is 9.97 Å². The standard InChI is InChI=1S/C13H17ClN4O2S/c14-10-4-5-16-13-12(10)11(8-17-13)21(19,20)18-6-2-1-3-9(18)7-15/h4-5,8-9H,1-3,6-7,15H2,(H,16,17). The zero-order chi connectivity index (χ0) is 15.0. The maximum absolute atomic E-state index is 12.9. The van der Waals surface area contributed by atoms with Crippen LogP contribution in [0.3, 0.4) is 0 Å². The molecule has 0 saturated carbocycles. The molecule has 0 bridgehead atoms. The molecule has 21 heavy (non-hydrogen) atoms. The van der Waals surface area contributed by atoms with Crippen LogP contribution in [0.15, 0.2) is 23.4 Å². The molecule has 6 nitrogen and oxygen atoms in total. The Morgan fingerprint density at radius 2 is 2.29 bits per heavy atom. The summed E-state index contributed by atoms with van der Waals surface area (Å²) in [6.07, 6.45) is 5.65. The molecule has 1 saturated heterocycles. The van der Waals surface area contributed by atoms with E-state index in [1.54, 1.807) is 12.3 Å². The highest BCUT2D eigenvalue weighted by atomic mass is 35.5. The van der Waals surface area contributed by atoms with Crippen molar-refractivity contribution in [1.29, 1.82) is 0 Å². The molecule has 1 aliphatic heterocycles. The molecule has 1 fully saturated rings. The SMILES string of the molecule is NCC1CCCCN1S(=O)(=O)c1c[nH]c2nccc(Cl)c12. The van der Waals surface area contributed by atoms with E-state index >= 15 is 0 Å². The number of halogens is 1. The fraction of sp³-hybridized carbons (Fsp3) is 0.462. The molecule has 0 radical (unpaired) electrons. The van der Waals surface area contributed by atoms with Gasteiger partial charge in [-0.15, -0.1) is 0 Å². The summed E-state index contributed by atoms with van der Waals surface area (Å²) in [4.78, 5) is 7.16. The zero-order valence-corrected chi connectivity index (χ0v) is 13.0. The Balaban J connectivity index is 2.12. The summed E-state index contributed by atoms with van der Waals surface area (Å²) in [5.41, 5.74) is 6.21. The molecule has 0 spiro atoms. The van der Waals surface area contributed by atoms with E-state index in [1.807, 2.05) is 0 Å². The van der Waals surface area contributed by atoms with E-state index < -0.39 is 10.0 Å². The number of hydrogen-bond donors (Lipinski definition) is 2. The third-order valence-corrected chi connectivity index (χ3v) is 6.21. The summed E-state index contributed by atoms with van der Waals surface area (Å²) >= 11 is 6.15. The Hall–Kier alpha value is -1.15. The largest absolute Gasteiger partial charge is 0.345 e. The Morgan fingerprint density at radius 3 is 3.05 bits per heavy atom. The highest BCUT2D eigenvalue weighted by Gasteiger charge is 2.34. The molecule has 3 rings (SSSR count). The number of fused-ring (bicyclic) bond motifs is 1. The Bertz CT molecular complexity index is 759. The molecule has 2 aromatic rings. The quantitative estimate of drug-likeness (QED) is 0.897. The third-order valence-electron chi connectivity index (χ3n) is 3.92. The van der Waals surface area contributed by atoms with Crippen LogP contribution in [0, 0.1) is 0 Å². The minimum absolute atomic E-state index is 0.149. The molecule has 3 N–H and O–H groups in total. The third kappa shape index (κ3) is 2.44. The van der Waals surface area contributed by atoms with E-state index in [1.165, 1.54) is 10.5 Å². The fourth-order valence-corrected chi connectivity index (χ4v) is 5.03. The first kappa shape index (κ1) is 14.8. The molecule has 1 atom stereocenters. The maximum Gasteiger partial charge on any atom is 0.245 e. The normalized spacial score (nSPS) is 21.0. The minimum Gasteiger partial charge on any atom is -0.345 e. The molecular weight excluding hydrogens is 312 g/mol. The number of nitrogens with one attached hydrogen (secondary N) is 1. The number of sulfonamides is 1. The van der Waals surface area contributed by atoms with E-state index in [0.717, 1.165) is 19.3 Å².